The zero-order valence-electron chi connectivity index (χ0n) is 13.5. The van der Waals surface area contributed by atoms with Crippen LogP contribution in [0, 0.1) is 5.92 Å². The summed E-state index contributed by atoms with van der Waals surface area (Å²) < 4.78 is 4.43. The normalized spacial score (nSPS) is 13.0. The number of nitrogens with one attached hydrogen (secondary N) is 1. The van der Waals surface area contributed by atoms with Crippen molar-refractivity contribution in [3.8, 4) is 0 Å². The van der Waals surface area contributed by atoms with Crippen molar-refractivity contribution in [3.05, 3.63) is 42.7 Å². The molecule has 0 aromatic carbocycles. The lowest BCUT2D eigenvalue weighted by molar-refractivity contribution is 0.412. The molecule has 116 valence electrons. The van der Waals surface area contributed by atoms with Crippen molar-refractivity contribution in [1.82, 2.24) is 19.4 Å². The van der Waals surface area contributed by atoms with Crippen molar-refractivity contribution >= 4 is 0 Å². The van der Waals surface area contributed by atoms with Gasteiger partial charge in [-0.2, -0.15) is 0 Å². The van der Waals surface area contributed by atoms with Crippen LogP contribution in [0.3, 0.4) is 0 Å². The molecule has 0 fully saturated rings. The molecular weight excluding hydrogens is 260 g/mol. The van der Waals surface area contributed by atoms with Crippen molar-refractivity contribution in [2.75, 3.05) is 6.54 Å². The fourth-order valence-electron chi connectivity index (χ4n) is 2.68. The molecule has 2 aromatic heterocycles. The van der Waals surface area contributed by atoms with E-state index in [0.717, 1.165) is 26.1 Å². The molecule has 0 spiro atoms. The van der Waals surface area contributed by atoms with Crippen LogP contribution in [0.15, 0.2) is 37.2 Å². The van der Waals surface area contributed by atoms with Crippen LogP contribution in [-0.4, -0.2) is 20.7 Å². The Morgan fingerprint density at radius 2 is 2.00 bits per heavy atom. The van der Waals surface area contributed by atoms with Gasteiger partial charge in [0.25, 0.3) is 0 Å². The third-order valence-electron chi connectivity index (χ3n) is 3.81. The molecule has 1 unspecified atom stereocenters. The molecule has 0 amide bonds. The Morgan fingerprint density at radius 1 is 1.19 bits per heavy atom. The highest BCUT2D eigenvalue weighted by Crippen LogP contribution is 2.22. The van der Waals surface area contributed by atoms with E-state index >= 15 is 0 Å². The van der Waals surface area contributed by atoms with Gasteiger partial charge in [-0.05, 0) is 36.9 Å². The highest BCUT2D eigenvalue weighted by Gasteiger charge is 2.15. The van der Waals surface area contributed by atoms with Gasteiger partial charge in [0.05, 0.1) is 6.33 Å². The fraction of sp³-hybridized carbons (Fsp3) is 0.588. The molecule has 0 saturated carbocycles. The quantitative estimate of drug-likeness (QED) is 0.766. The van der Waals surface area contributed by atoms with E-state index in [-0.39, 0.29) is 0 Å². The van der Waals surface area contributed by atoms with Crippen LogP contribution in [0.2, 0.25) is 0 Å². The average Bonchev–Trinajstić information content (AvgIpc) is 3.11. The summed E-state index contributed by atoms with van der Waals surface area (Å²) in [7, 11) is 0. The molecule has 4 nitrogen and oxygen atoms in total. The third kappa shape index (κ3) is 4.74. The third-order valence-corrected chi connectivity index (χ3v) is 3.81. The van der Waals surface area contributed by atoms with Crippen LogP contribution >= 0.6 is 0 Å². The Bertz CT molecular complexity index is 499. The number of hydrogen-bond donors (Lipinski definition) is 1. The highest BCUT2D eigenvalue weighted by molar-refractivity contribution is 5.16. The number of hydrogen-bond acceptors (Lipinski definition) is 2. The molecule has 0 saturated heterocycles. The monoisotopic (exact) mass is 288 g/mol. The molecule has 21 heavy (non-hydrogen) atoms. The first kappa shape index (κ1) is 15.8. The maximum Gasteiger partial charge on any atom is 0.0945 e. The molecule has 1 atom stereocenters. The van der Waals surface area contributed by atoms with Gasteiger partial charge in [0.15, 0.2) is 0 Å². The summed E-state index contributed by atoms with van der Waals surface area (Å²) in [5.41, 5.74) is 1.40. The molecule has 0 aliphatic rings. The molecule has 0 radical (unpaired) electrons. The van der Waals surface area contributed by atoms with E-state index in [0.29, 0.717) is 12.0 Å². The first-order valence-electron chi connectivity index (χ1n) is 8.05. The minimum absolute atomic E-state index is 0.458. The summed E-state index contributed by atoms with van der Waals surface area (Å²) in [6, 6.07) is 2.71. The zero-order chi connectivity index (χ0) is 15.1. The number of imidazole rings is 1. The molecule has 2 rings (SSSR count). The van der Waals surface area contributed by atoms with E-state index < -0.39 is 0 Å². The van der Waals surface area contributed by atoms with E-state index in [1.165, 1.54) is 12.0 Å². The minimum atomic E-state index is 0.458. The summed E-state index contributed by atoms with van der Waals surface area (Å²) in [6.45, 7) is 9.93. The summed E-state index contributed by atoms with van der Waals surface area (Å²) in [5.74, 6) is 0.610. The highest BCUT2D eigenvalue weighted by atomic mass is 15.0. The number of nitrogens with zero attached hydrogens (tertiary/aromatic N) is 3. The first-order chi connectivity index (χ1) is 10.2. The Labute approximate surface area is 128 Å². The Hall–Kier alpha value is -1.55. The van der Waals surface area contributed by atoms with Gasteiger partial charge in [-0.1, -0.05) is 20.8 Å². The standard InChI is InChI=1S/C17H28N4/c1-4-7-19-17(15(2)3)16-6-11-20(13-16)9-5-10-21-12-8-18-14-21/h6,8,11-15,17,19H,4-5,7,9-10H2,1-3H3. The van der Waals surface area contributed by atoms with Crippen molar-refractivity contribution in [2.24, 2.45) is 5.92 Å². The van der Waals surface area contributed by atoms with Crippen LogP contribution in [0.5, 0.6) is 0 Å². The maximum atomic E-state index is 4.07. The molecular formula is C17H28N4. The van der Waals surface area contributed by atoms with E-state index in [9.17, 15) is 0 Å². The van der Waals surface area contributed by atoms with Gasteiger partial charge >= 0.3 is 0 Å². The van der Waals surface area contributed by atoms with Gasteiger partial charge in [0.2, 0.25) is 0 Å². The van der Waals surface area contributed by atoms with Crippen LogP contribution in [0.1, 0.15) is 45.2 Å². The molecule has 2 heterocycles. The smallest absolute Gasteiger partial charge is 0.0945 e. The number of aromatic nitrogens is 3. The van der Waals surface area contributed by atoms with Crippen LogP contribution in [0.25, 0.3) is 0 Å². The van der Waals surface area contributed by atoms with E-state index in [1.54, 1.807) is 0 Å². The Balaban J connectivity index is 1.86. The Morgan fingerprint density at radius 3 is 2.67 bits per heavy atom. The SMILES string of the molecule is CCCNC(c1ccn(CCCn2ccnc2)c1)C(C)C. The van der Waals surface area contributed by atoms with Crippen molar-refractivity contribution < 1.29 is 0 Å². The molecule has 1 N–H and O–H groups in total. The second-order valence-corrected chi connectivity index (χ2v) is 6.01. The van der Waals surface area contributed by atoms with Crippen molar-refractivity contribution in [2.45, 2.75) is 52.7 Å². The van der Waals surface area contributed by atoms with E-state index in [4.69, 9.17) is 0 Å². The van der Waals surface area contributed by atoms with Gasteiger partial charge in [-0.15, -0.1) is 0 Å². The molecule has 0 aliphatic carbocycles. The molecule has 4 heteroatoms. The van der Waals surface area contributed by atoms with Gasteiger partial charge in [-0.25, -0.2) is 4.98 Å². The van der Waals surface area contributed by atoms with E-state index in [2.05, 4.69) is 58.7 Å². The predicted molar refractivity (Wildman–Crippen MR) is 87.1 cm³/mol. The summed E-state index contributed by atoms with van der Waals surface area (Å²) >= 11 is 0. The van der Waals surface area contributed by atoms with Crippen LogP contribution in [0.4, 0.5) is 0 Å². The molecule has 2 aromatic rings. The zero-order valence-corrected chi connectivity index (χ0v) is 13.5. The largest absolute Gasteiger partial charge is 0.354 e. The average molecular weight is 288 g/mol. The second kappa shape index (κ2) is 8.03. The van der Waals surface area contributed by atoms with Gasteiger partial charge < -0.3 is 14.5 Å². The summed E-state index contributed by atoms with van der Waals surface area (Å²) in [6.07, 6.45) is 12.5. The number of rotatable bonds is 9. The minimum Gasteiger partial charge on any atom is -0.354 e. The lowest BCUT2D eigenvalue weighted by atomic mass is 9.98. The number of aryl methyl sites for hydroxylation is 2. The first-order valence-corrected chi connectivity index (χ1v) is 8.05. The van der Waals surface area contributed by atoms with Gasteiger partial charge in [-0.3, -0.25) is 0 Å². The van der Waals surface area contributed by atoms with Gasteiger partial charge in [0, 0.05) is 43.9 Å². The summed E-state index contributed by atoms with van der Waals surface area (Å²) in [4.78, 5) is 4.07. The van der Waals surface area contributed by atoms with Crippen LogP contribution < -0.4 is 5.32 Å². The molecule has 0 aliphatic heterocycles. The van der Waals surface area contributed by atoms with Gasteiger partial charge in [0.1, 0.15) is 0 Å². The predicted octanol–water partition coefficient (Wildman–Crippen LogP) is 3.47. The lowest BCUT2D eigenvalue weighted by Crippen LogP contribution is -2.26. The fourth-order valence-corrected chi connectivity index (χ4v) is 2.68. The second-order valence-electron chi connectivity index (χ2n) is 6.01. The van der Waals surface area contributed by atoms with Crippen molar-refractivity contribution in [3.63, 3.8) is 0 Å². The maximum absolute atomic E-state index is 4.07. The Kier molecular flexibility index (Phi) is 6.05. The lowest BCUT2D eigenvalue weighted by Gasteiger charge is -2.21. The summed E-state index contributed by atoms with van der Waals surface area (Å²) in [5, 5.41) is 3.65. The molecule has 0 bridgehead atoms. The topological polar surface area (TPSA) is 34.8 Å². The van der Waals surface area contributed by atoms with Crippen molar-refractivity contribution in [1.29, 1.82) is 0 Å². The van der Waals surface area contributed by atoms with Crippen LogP contribution in [-0.2, 0) is 13.1 Å². The van der Waals surface area contributed by atoms with E-state index in [1.807, 2.05) is 18.7 Å².